The molecule has 2 aromatic heterocycles. The average Bonchev–Trinajstić information content (AvgIpc) is 2.70. The maximum atomic E-state index is 6.15. The van der Waals surface area contributed by atoms with E-state index in [1.54, 1.807) is 11.3 Å². The molecule has 0 aliphatic heterocycles. The summed E-state index contributed by atoms with van der Waals surface area (Å²) < 4.78 is 1.86. The molecular formula is C12H11Br2ClN2S. The Morgan fingerprint density at radius 2 is 2.00 bits per heavy atom. The molecule has 0 aliphatic rings. The van der Waals surface area contributed by atoms with Crippen molar-refractivity contribution >= 4 is 54.8 Å². The molecule has 0 saturated carbocycles. The summed E-state index contributed by atoms with van der Waals surface area (Å²) in [7, 11) is 0. The van der Waals surface area contributed by atoms with Gasteiger partial charge in [0, 0.05) is 0 Å². The van der Waals surface area contributed by atoms with Crippen molar-refractivity contribution in [2.24, 2.45) is 5.92 Å². The molecule has 0 atom stereocenters. The van der Waals surface area contributed by atoms with Crippen LogP contribution in [0.4, 0.5) is 0 Å². The van der Waals surface area contributed by atoms with E-state index in [4.69, 9.17) is 11.6 Å². The molecule has 2 heterocycles. The number of hydrogen-bond acceptors (Lipinski definition) is 3. The molecule has 0 aliphatic carbocycles. The molecular weight excluding hydrogens is 399 g/mol. The third-order valence-corrected chi connectivity index (χ3v) is 5.23. The Labute approximate surface area is 132 Å². The van der Waals surface area contributed by atoms with Crippen LogP contribution < -0.4 is 0 Å². The molecule has 0 spiro atoms. The van der Waals surface area contributed by atoms with Gasteiger partial charge in [0.15, 0.2) is 5.82 Å². The highest BCUT2D eigenvalue weighted by atomic mass is 79.9. The molecule has 18 heavy (non-hydrogen) atoms. The van der Waals surface area contributed by atoms with Gasteiger partial charge >= 0.3 is 0 Å². The van der Waals surface area contributed by atoms with E-state index in [1.807, 2.05) is 12.1 Å². The van der Waals surface area contributed by atoms with E-state index in [9.17, 15) is 0 Å². The third-order valence-electron chi connectivity index (χ3n) is 2.27. The van der Waals surface area contributed by atoms with Gasteiger partial charge in [0.25, 0.3) is 0 Å². The molecule has 0 saturated heterocycles. The molecule has 0 N–H and O–H groups in total. The molecule has 2 nitrogen and oxygen atoms in total. The zero-order valence-electron chi connectivity index (χ0n) is 9.88. The largest absolute Gasteiger partial charge is 0.231 e. The maximum absolute atomic E-state index is 6.15. The van der Waals surface area contributed by atoms with Crippen LogP contribution >= 0.6 is 54.8 Å². The van der Waals surface area contributed by atoms with Crippen molar-refractivity contribution in [1.82, 2.24) is 9.97 Å². The lowest BCUT2D eigenvalue weighted by molar-refractivity contribution is 0.632. The van der Waals surface area contributed by atoms with E-state index >= 15 is 0 Å². The van der Waals surface area contributed by atoms with Crippen molar-refractivity contribution in [2.45, 2.75) is 20.3 Å². The van der Waals surface area contributed by atoms with Crippen LogP contribution in [0.3, 0.4) is 0 Å². The minimum Gasteiger partial charge on any atom is -0.231 e. The van der Waals surface area contributed by atoms with E-state index in [-0.39, 0.29) is 0 Å². The van der Waals surface area contributed by atoms with Crippen molar-refractivity contribution in [2.75, 3.05) is 0 Å². The minimum absolute atomic E-state index is 0.472. The number of aromatic nitrogens is 2. The average molecular weight is 411 g/mol. The Bertz CT molecular complexity index is 569. The van der Waals surface area contributed by atoms with Gasteiger partial charge in [-0.3, -0.25) is 0 Å². The van der Waals surface area contributed by atoms with E-state index in [2.05, 4.69) is 55.7 Å². The summed E-state index contributed by atoms with van der Waals surface area (Å²) in [6.45, 7) is 4.31. The van der Waals surface area contributed by atoms with Crippen LogP contribution in [0, 0.1) is 5.92 Å². The summed E-state index contributed by atoms with van der Waals surface area (Å²) in [5, 5.41) is 0.472. The Balaban J connectivity index is 2.46. The van der Waals surface area contributed by atoms with E-state index < -0.39 is 0 Å². The lowest BCUT2D eigenvalue weighted by Gasteiger charge is -2.09. The van der Waals surface area contributed by atoms with Crippen molar-refractivity contribution < 1.29 is 0 Å². The van der Waals surface area contributed by atoms with Gasteiger partial charge in [-0.1, -0.05) is 25.4 Å². The Hall–Kier alpha value is 0.0300. The van der Waals surface area contributed by atoms with Gasteiger partial charge in [0.1, 0.15) is 5.15 Å². The van der Waals surface area contributed by atoms with Gasteiger partial charge in [-0.2, -0.15) is 0 Å². The van der Waals surface area contributed by atoms with Gasteiger partial charge in [0.2, 0.25) is 0 Å². The molecule has 0 fully saturated rings. The van der Waals surface area contributed by atoms with Gasteiger partial charge in [-0.25, -0.2) is 9.97 Å². The van der Waals surface area contributed by atoms with Crippen molar-refractivity contribution in [3.63, 3.8) is 0 Å². The minimum atomic E-state index is 0.472. The maximum Gasteiger partial charge on any atom is 0.171 e. The second kappa shape index (κ2) is 5.99. The second-order valence-corrected chi connectivity index (χ2v) is 7.91. The molecule has 0 radical (unpaired) electrons. The summed E-state index contributed by atoms with van der Waals surface area (Å²) >= 11 is 14.7. The zero-order chi connectivity index (χ0) is 13.3. The van der Waals surface area contributed by atoms with Gasteiger partial charge in [-0.05, 0) is 56.3 Å². The van der Waals surface area contributed by atoms with Gasteiger partial charge < -0.3 is 0 Å². The van der Waals surface area contributed by atoms with Crippen molar-refractivity contribution in [3.05, 3.63) is 31.2 Å². The molecule has 0 aromatic carbocycles. The highest BCUT2D eigenvalue weighted by Gasteiger charge is 2.14. The first kappa shape index (κ1) is 14.4. The van der Waals surface area contributed by atoms with E-state index in [1.165, 1.54) is 0 Å². The second-order valence-electron chi connectivity index (χ2n) is 4.30. The predicted octanol–water partition coefficient (Wildman–Crippen LogP) is 5.58. The quantitative estimate of drug-likeness (QED) is 0.617. The first-order chi connectivity index (χ1) is 8.47. The monoisotopic (exact) mass is 408 g/mol. The Morgan fingerprint density at radius 3 is 2.56 bits per heavy atom. The van der Waals surface area contributed by atoms with E-state index in [0.717, 1.165) is 25.3 Å². The summed E-state index contributed by atoms with van der Waals surface area (Å²) in [4.78, 5) is 9.94. The lowest BCUT2D eigenvalue weighted by atomic mass is 10.1. The Morgan fingerprint density at radius 1 is 1.28 bits per heavy atom. The fourth-order valence-corrected chi connectivity index (χ4v) is 3.38. The van der Waals surface area contributed by atoms with Crippen LogP contribution in [0.25, 0.3) is 10.7 Å². The highest BCUT2D eigenvalue weighted by Crippen LogP contribution is 2.33. The first-order valence-corrected chi connectivity index (χ1v) is 8.23. The number of rotatable bonds is 3. The fraction of sp³-hybridized carbons (Fsp3) is 0.333. The summed E-state index contributed by atoms with van der Waals surface area (Å²) in [6.07, 6.45) is 0.877. The van der Waals surface area contributed by atoms with Crippen LogP contribution in [0.15, 0.2) is 20.4 Å². The van der Waals surface area contributed by atoms with Crippen LogP contribution in [0.1, 0.15) is 19.5 Å². The van der Waals surface area contributed by atoms with Crippen LogP contribution in [-0.4, -0.2) is 9.97 Å². The summed E-state index contributed by atoms with van der Waals surface area (Å²) in [5.41, 5.74) is 0.963. The molecule has 2 rings (SSSR count). The molecule has 0 bridgehead atoms. The molecule has 6 heteroatoms. The number of hydrogen-bond donors (Lipinski definition) is 0. The van der Waals surface area contributed by atoms with E-state index in [0.29, 0.717) is 16.9 Å². The molecule has 2 aromatic rings. The number of halogens is 3. The first-order valence-electron chi connectivity index (χ1n) is 5.45. The zero-order valence-corrected chi connectivity index (χ0v) is 14.6. The highest BCUT2D eigenvalue weighted by molar-refractivity contribution is 9.11. The molecule has 96 valence electrons. The summed E-state index contributed by atoms with van der Waals surface area (Å²) in [6, 6.07) is 3.98. The van der Waals surface area contributed by atoms with Crippen LogP contribution in [0.5, 0.6) is 0 Å². The van der Waals surface area contributed by atoms with Crippen LogP contribution in [-0.2, 0) is 6.42 Å². The topological polar surface area (TPSA) is 25.8 Å². The molecule has 0 amide bonds. The normalized spacial score (nSPS) is 11.2. The molecule has 0 unspecified atom stereocenters. The standard InChI is InChI=1S/C12H11Br2ClN2S/c1-6(2)5-7-10(14)11(15)17-12(16-7)8-3-4-9(13)18-8/h3-4,6H,5H2,1-2H3. The van der Waals surface area contributed by atoms with Crippen molar-refractivity contribution in [3.8, 4) is 10.7 Å². The van der Waals surface area contributed by atoms with Gasteiger partial charge in [0.05, 0.1) is 18.8 Å². The third kappa shape index (κ3) is 3.32. The summed E-state index contributed by atoms with van der Waals surface area (Å²) in [5.74, 6) is 1.21. The number of nitrogens with zero attached hydrogens (tertiary/aromatic N) is 2. The predicted molar refractivity (Wildman–Crippen MR) is 84.3 cm³/mol. The Kier molecular flexibility index (Phi) is 4.80. The van der Waals surface area contributed by atoms with Crippen LogP contribution in [0.2, 0.25) is 5.15 Å². The smallest absolute Gasteiger partial charge is 0.171 e. The van der Waals surface area contributed by atoms with Gasteiger partial charge in [-0.15, -0.1) is 11.3 Å². The lowest BCUT2D eigenvalue weighted by Crippen LogP contribution is -2.02. The SMILES string of the molecule is CC(C)Cc1nc(-c2ccc(Br)s2)nc(Cl)c1Br. The number of thiophene rings is 1. The van der Waals surface area contributed by atoms with Crippen molar-refractivity contribution in [1.29, 1.82) is 0 Å². The fourth-order valence-electron chi connectivity index (χ4n) is 1.53.